The molecule has 0 bridgehead atoms. The summed E-state index contributed by atoms with van der Waals surface area (Å²) in [6.45, 7) is 1.68. The minimum atomic E-state index is -0.998. The average Bonchev–Trinajstić information content (AvgIpc) is 2.80. The first-order valence-electron chi connectivity index (χ1n) is 6.54. The molecular formula is C15H15N3O2. The van der Waals surface area contributed by atoms with Crippen LogP contribution in [-0.4, -0.2) is 27.1 Å². The van der Waals surface area contributed by atoms with Crippen molar-refractivity contribution in [2.45, 2.75) is 25.8 Å². The summed E-state index contributed by atoms with van der Waals surface area (Å²) < 4.78 is 0. The van der Waals surface area contributed by atoms with Gasteiger partial charge in [-0.25, -0.2) is 14.8 Å². The van der Waals surface area contributed by atoms with E-state index < -0.39 is 5.97 Å². The second-order valence-electron chi connectivity index (χ2n) is 5.02. The first-order valence-corrected chi connectivity index (χ1v) is 6.54. The Morgan fingerprint density at radius 1 is 1.30 bits per heavy atom. The summed E-state index contributed by atoms with van der Waals surface area (Å²) in [6.07, 6.45) is 3.24. The van der Waals surface area contributed by atoms with Gasteiger partial charge in [0.2, 0.25) is 5.95 Å². The molecule has 0 atom stereocenters. The number of nitrogens with one attached hydrogen (secondary N) is 1. The van der Waals surface area contributed by atoms with Crippen molar-refractivity contribution < 1.29 is 9.90 Å². The van der Waals surface area contributed by atoms with Crippen molar-refractivity contribution in [2.24, 2.45) is 0 Å². The highest BCUT2D eigenvalue weighted by Gasteiger charge is 2.21. The number of aryl methyl sites for hydroxylation is 1. The van der Waals surface area contributed by atoms with Crippen molar-refractivity contribution in [3.63, 3.8) is 0 Å². The van der Waals surface area contributed by atoms with Gasteiger partial charge in [-0.05, 0) is 30.9 Å². The van der Waals surface area contributed by atoms with Crippen LogP contribution in [-0.2, 0) is 12.8 Å². The van der Waals surface area contributed by atoms with Crippen LogP contribution in [0.1, 0.15) is 27.2 Å². The van der Waals surface area contributed by atoms with E-state index in [1.54, 1.807) is 6.92 Å². The van der Waals surface area contributed by atoms with Crippen molar-refractivity contribution >= 4 is 11.9 Å². The molecule has 102 valence electrons. The first-order chi connectivity index (χ1) is 9.63. The second kappa shape index (κ2) is 4.92. The largest absolute Gasteiger partial charge is 0.478 e. The van der Waals surface area contributed by atoms with E-state index in [0.717, 1.165) is 12.8 Å². The van der Waals surface area contributed by atoms with Crippen LogP contribution in [0, 0.1) is 6.92 Å². The predicted octanol–water partition coefficient (Wildman–Crippen LogP) is 2.06. The second-order valence-corrected chi connectivity index (χ2v) is 5.02. The number of hydrogen-bond donors (Lipinski definition) is 2. The van der Waals surface area contributed by atoms with Gasteiger partial charge in [-0.2, -0.15) is 0 Å². The van der Waals surface area contributed by atoms with Crippen molar-refractivity contribution in [3.05, 3.63) is 52.8 Å². The fourth-order valence-electron chi connectivity index (χ4n) is 2.59. The third-order valence-corrected chi connectivity index (χ3v) is 3.59. The van der Waals surface area contributed by atoms with E-state index >= 15 is 0 Å². The monoisotopic (exact) mass is 269 g/mol. The van der Waals surface area contributed by atoms with Crippen LogP contribution in [0.2, 0.25) is 0 Å². The summed E-state index contributed by atoms with van der Waals surface area (Å²) in [4.78, 5) is 19.2. The van der Waals surface area contributed by atoms with Gasteiger partial charge in [-0.3, -0.25) is 0 Å². The van der Waals surface area contributed by atoms with E-state index in [1.165, 1.54) is 17.3 Å². The smallest absolute Gasteiger partial charge is 0.339 e. The molecule has 0 unspecified atom stereocenters. The SMILES string of the molecule is Cc1nc(NC2Cc3ccccc3C2)ncc1C(=O)O. The van der Waals surface area contributed by atoms with Gasteiger partial charge in [0.25, 0.3) is 0 Å². The van der Waals surface area contributed by atoms with Crippen molar-refractivity contribution in [1.82, 2.24) is 9.97 Å². The Balaban J connectivity index is 1.74. The molecule has 5 heteroatoms. The lowest BCUT2D eigenvalue weighted by Gasteiger charge is -2.12. The number of carboxylic acid groups (broad SMARTS) is 1. The summed E-state index contributed by atoms with van der Waals surface area (Å²) in [7, 11) is 0. The van der Waals surface area contributed by atoms with Gasteiger partial charge in [0.05, 0.1) is 11.3 Å². The summed E-state index contributed by atoms with van der Waals surface area (Å²) >= 11 is 0. The molecule has 0 radical (unpaired) electrons. The maximum absolute atomic E-state index is 10.9. The molecule has 0 fully saturated rings. The standard InChI is InChI=1S/C15H15N3O2/c1-9-13(14(19)20)8-16-15(17-9)18-12-6-10-4-2-3-5-11(10)7-12/h2-5,8,12H,6-7H2,1H3,(H,19,20)(H,16,17,18). The molecule has 20 heavy (non-hydrogen) atoms. The van der Waals surface area contributed by atoms with Gasteiger partial charge < -0.3 is 10.4 Å². The van der Waals surface area contributed by atoms with Gasteiger partial charge >= 0.3 is 5.97 Å². The van der Waals surface area contributed by atoms with Crippen LogP contribution in [0.4, 0.5) is 5.95 Å². The van der Waals surface area contributed by atoms with Crippen LogP contribution in [0.25, 0.3) is 0 Å². The molecule has 1 heterocycles. The topological polar surface area (TPSA) is 75.1 Å². The van der Waals surface area contributed by atoms with E-state index in [4.69, 9.17) is 5.11 Å². The molecule has 1 aromatic heterocycles. The molecule has 0 saturated carbocycles. The number of anilines is 1. The van der Waals surface area contributed by atoms with Gasteiger partial charge in [0.1, 0.15) is 0 Å². The molecule has 2 N–H and O–H groups in total. The predicted molar refractivity (Wildman–Crippen MR) is 75.0 cm³/mol. The first kappa shape index (κ1) is 12.6. The number of fused-ring (bicyclic) bond motifs is 1. The van der Waals surface area contributed by atoms with E-state index in [2.05, 4.69) is 27.4 Å². The lowest BCUT2D eigenvalue weighted by molar-refractivity contribution is 0.0695. The lowest BCUT2D eigenvalue weighted by Crippen LogP contribution is -2.21. The summed E-state index contributed by atoms with van der Waals surface area (Å²) in [6, 6.07) is 8.63. The van der Waals surface area contributed by atoms with E-state index in [0.29, 0.717) is 11.6 Å². The molecule has 1 aliphatic carbocycles. The maximum atomic E-state index is 10.9. The fraction of sp³-hybridized carbons (Fsp3) is 0.267. The molecule has 2 aromatic rings. The van der Waals surface area contributed by atoms with Crippen LogP contribution in [0.5, 0.6) is 0 Å². The highest BCUT2D eigenvalue weighted by atomic mass is 16.4. The lowest BCUT2D eigenvalue weighted by atomic mass is 10.1. The molecule has 0 amide bonds. The Morgan fingerprint density at radius 2 is 1.95 bits per heavy atom. The quantitative estimate of drug-likeness (QED) is 0.892. The molecule has 3 rings (SSSR count). The number of aromatic nitrogens is 2. The number of hydrogen-bond acceptors (Lipinski definition) is 4. The van der Waals surface area contributed by atoms with Crippen LogP contribution < -0.4 is 5.32 Å². The molecule has 0 spiro atoms. The van der Waals surface area contributed by atoms with Crippen molar-refractivity contribution in [1.29, 1.82) is 0 Å². The van der Waals surface area contributed by atoms with Crippen molar-refractivity contribution in [2.75, 3.05) is 5.32 Å². The molecule has 1 aliphatic rings. The van der Waals surface area contributed by atoms with E-state index in [9.17, 15) is 4.79 Å². The zero-order chi connectivity index (χ0) is 14.1. The Bertz CT molecular complexity index is 645. The van der Waals surface area contributed by atoms with Crippen LogP contribution in [0.15, 0.2) is 30.5 Å². The normalized spacial score (nSPS) is 14.1. The van der Waals surface area contributed by atoms with Gasteiger partial charge in [-0.1, -0.05) is 24.3 Å². The molecule has 0 aliphatic heterocycles. The Kier molecular flexibility index (Phi) is 3.10. The zero-order valence-corrected chi connectivity index (χ0v) is 11.1. The highest BCUT2D eigenvalue weighted by molar-refractivity contribution is 5.88. The zero-order valence-electron chi connectivity index (χ0n) is 11.1. The number of rotatable bonds is 3. The molecule has 1 aromatic carbocycles. The number of benzene rings is 1. The van der Waals surface area contributed by atoms with E-state index in [-0.39, 0.29) is 11.6 Å². The maximum Gasteiger partial charge on any atom is 0.339 e. The Labute approximate surface area is 116 Å². The fourth-order valence-corrected chi connectivity index (χ4v) is 2.59. The minimum absolute atomic E-state index is 0.144. The molecular weight excluding hydrogens is 254 g/mol. The summed E-state index contributed by atoms with van der Waals surface area (Å²) in [5.41, 5.74) is 3.32. The van der Waals surface area contributed by atoms with Crippen LogP contribution in [0.3, 0.4) is 0 Å². The van der Waals surface area contributed by atoms with Crippen LogP contribution >= 0.6 is 0 Å². The number of carboxylic acids is 1. The third-order valence-electron chi connectivity index (χ3n) is 3.59. The average molecular weight is 269 g/mol. The number of carbonyl (C=O) groups is 1. The van der Waals surface area contributed by atoms with Crippen molar-refractivity contribution in [3.8, 4) is 0 Å². The summed E-state index contributed by atoms with van der Waals surface area (Å²) in [5.74, 6) is -0.507. The van der Waals surface area contributed by atoms with Gasteiger partial charge in [0.15, 0.2) is 0 Å². The highest BCUT2D eigenvalue weighted by Crippen LogP contribution is 2.23. The minimum Gasteiger partial charge on any atom is -0.478 e. The van der Waals surface area contributed by atoms with Gasteiger partial charge in [-0.15, -0.1) is 0 Å². The molecule has 5 nitrogen and oxygen atoms in total. The Hall–Kier alpha value is -2.43. The molecule has 0 saturated heterocycles. The number of aromatic carboxylic acids is 1. The van der Waals surface area contributed by atoms with E-state index in [1.807, 2.05) is 12.1 Å². The van der Waals surface area contributed by atoms with Gasteiger partial charge in [0, 0.05) is 12.2 Å². The Morgan fingerprint density at radius 3 is 2.50 bits per heavy atom. The third kappa shape index (κ3) is 2.34. The number of nitrogens with zero attached hydrogens (tertiary/aromatic N) is 2. The summed E-state index contributed by atoms with van der Waals surface area (Å²) in [5, 5.41) is 12.2.